The molecule has 0 saturated heterocycles. The molecule has 28 heavy (non-hydrogen) atoms. The molecular weight excluding hydrogens is 352 g/mol. The Morgan fingerprint density at radius 3 is 2.50 bits per heavy atom. The van der Waals surface area contributed by atoms with Gasteiger partial charge < -0.3 is 15.0 Å². The fourth-order valence-electron chi connectivity index (χ4n) is 3.10. The van der Waals surface area contributed by atoms with Crippen molar-refractivity contribution in [1.82, 2.24) is 5.32 Å². The summed E-state index contributed by atoms with van der Waals surface area (Å²) in [7, 11) is 1.56. The Bertz CT molecular complexity index is 817. The molecule has 0 spiro atoms. The standard InChI is InChI=1S/C23H30N2O3/c1-5-25(16-26)21-11-10-20(14-22(21)28-4)15-23(27)24-12-6-7-19-9-8-17(2)18(3)13-19/h8-11,13-14,16H,5-7,12,15H2,1-4H3,(H,24,27). The van der Waals surface area contributed by atoms with Crippen LogP contribution in [0.3, 0.4) is 0 Å². The number of amides is 2. The van der Waals surface area contributed by atoms with Gasteiger partial charge in [-0.05, 0) is 68.0 Å². The summed E-state index contributed by atoms with van der Waals surface area (Å²) in [5.74, 6) is 0.576. The second-order valence-electron chi connectivity index (χ2n) is 6.95. The van der Waals surface area contributed by atoms with E-state index < -0.39 is 0 Å². The summed E-state index contributed by atoms with van der Waals surface area (Å²) in [6.45, 7) is 7.33. The number of ether oxygens (including phenoxy) is 1. The van der Waals surface area contributed by atoms with E-state index in [9.17, 15) is 9.59 Å². The Morgan fingerprint density at radius 2 is 1.86 bits per heavy atom. The summed E-state index contributed by atoms with van der Waals surface area (Å²) < 4.78 is 5.39. The summed E-state index contributed by atoms with van der Waals surface area (Å²) in [6, 6.07) is 12.0. The molecule has 0 heterocycles. The molecule has 2 aromatic rings. The maximum absolute atomic E-state index is 12.2. The zero-order chi connectivity index (χ0) is 20.5. The van der Waals surface area contributed by atoms with Crippen LogP contribution in [0.1, 0.15) is 35.6 Å². The first-order valence-corrected chi connectivity index (χ1v) is 9.70. The van der Waals surface area contributed by atoms with Crippen molar-refractivity contribution < 1.29 is 14.3 Å². The monoisotopic (exact) mass is 382 g/mol. The minimum atomic E-state index is -0.0161. The van der Waals surface area contributed by atoms with Gasteiger partial charge in [0.2, 0.25) is 12.3 Å². The molecule has 2 amide bonds. The number of carbonyl (C=O) groups is 2. The third-order valence-electron chi connectivity index (χ3n) is 4.92. The van der Waals surface area contributed by atoms with Gasteiger partial charge in [-0.1, -0.05) is 24.3 Å². The van der Waals surface area contributed by atoms with Crippen molar-refractivity contribution >= 4 is 18.0 Å². The van der Waals surface area contributed by atoms with Crippen molar-refractivity contribution in [2.45, 2.75) is 40.0 Å². The van der Waals surface area contributed by atoms with Crippen LogP contribution >= 0.6 is 0 Å². The van der Waals surface area contributed by atoms with Crippen molar-refractivity contribution in [3.05, 3.63) is 58.7 Å². The lowest BCUT2D eigenvalue weighted by atomic mass is 10.0. The fraction of sp³-hybridized carbons (Fsp3) is 0.391. The molecule has 0 atom stereocenters. The number of nitrogens with one attached hydrogen (secondary N) is 1. The lowest BCUT2D eigenvalue weighted by molar-refractivity contribution is -0.120. The number of hydrogen-bond acceptors (Lipinski definition) is 3. The lowest BCUT2D eigenvalue weighted by Crippen LogP contribution is -2.26. The summed E-state index contributed by atoms with van der Waals surface area (Å²) in [6.07, 6.45) is 2.91. The Hall–Kier alpha value is -2.82. The van der Waals surface area contributed by atoms with Crippen LogP contribution < -0.4 is 15.0 Å². The summed E-state index contributed by atoms with van der Waals surface area (Å²) in [4.78, 5) is 25.0. The van der Waals surface area contributed by atoms with Crippen LogP contribution in [-0.2, 0) is 22.4 Å². The molecule has 0 aliphatic rings. The zero-order valence-corrected chi connectivity index (χ0v) is 17.2. The average molecular weight is 383 g/mol. The Kier molecular flexibility index (Phi) is 8.05. The van der Waals surface area contributed by atoms with Crippen molar-refractivity contribution in [2.24, 2.45) is 0 Å². The van der Waals surface area contributed by atoms with Gasteiger partial charge in [-0.15, -0.1) is 0 Å². The quantitative estimate of drug-likeness (QED) is 0.505. The summed E-state index contributed by atoms with van der Waals surface area (Å²) in [5.41, 5.74) is 5.46. The molecule has 0 bridgehead atoms. The summed E-state index contributed by atoms with van der Waals surface area (Å²) >= 11 is 0. The van der Waals surface area contributed by atoms with Crippen LogP contribution in [-0.4, -0.2) is 32.5 Å². The van der Waals surface area contributed by atoms with E-state index in [2.05, 4.69) is 37.4 Å². The topological polar surface area (TPSA) is 58.6 Å². The van der Waals surface area contributed by atoms with Gasteiger partial charge in [-0.2, -0.15) is 0 Å². The first-order valence-electron chi connectivity index (χ1n) is 9.70. The third-order valence-corrected chi connectivity index (χ3v) is 4.92. The van der Waals surface area contributed by atoms with Gasteiger partial charge in [0.15, 0.2) is 0 Å². The Balaban J connectivity index is 1.85. The first-order chi connectivity index (χ1) is 13.5. The van der Waals surface area contributed by atoms with Crippen LogP contribution in [0.2, 0.25) is 0 Å². The number of anilines is 1. The van der Waals surface area contributed by atoms with Gasteiger partial charge in [0.05, 0.1) is 19.2 Å². The van der Waals surface area contributed by atoms with E-state index in [1.165, 1.54) is 16.7 Å². The molecule has 0 fully saturated rings. The van der Waals surface area contributed by atoms with Crippen LogP contribution in [0.4, 0.5) is 5.69 Å². The molecule has 0 radical (unpaired) electrons. The average Bonchev–Trinajstić information content (AvgIpc) is 2.69. The van der Waals surface area contributed by atoms with Crippen LogP contribution in [0, 0.1) is 13.8 Å². The highest BCUT2D eigenvalue weighted by Crippen LogP contribution is 2.28. The molecule has 2 rings (SSSR count). The fourth-order valence-corrected chi connectivity index (χ4v) is 3.10. The van der Waals surface area contributed by atoms with Crippen LogP contribution in [0.15, 0.2) is 36.4 Å². The molecule has 1 N–H and O–H groups in total. The second kappa shape index (κ2) is 10.5. The molecular formula is C23H30N2O3. The molecule has 5 nitrogen and oxygen atoms in total. The number of carbonyl (C=O) groups excluding carboxylic acids is 2. The first kappa shape index (κ1) is 21.5. The number of methoxy groups -OCH3 is 1. The van der Waals surface area contributed by atoms with Crippen LogP contribution in [0.25, 0.3) is 0 Å². The minimum absolute atomic E-state index is 0.0161. The zero-order valence-electron chi connectivity index (χ0n) is 17.2. The number of nitrogens with zero attached hydrogens (tertiary/aromatic N) is 1. The van der Waals surface area contributed by atoms with E-state index >= 15 is 0 Å². The number of benzene rings is 2. The summed E-state index contributed by atoms with van der Waals surface area (Å²) in [5, 5.41) is 2.98. The number of rotatable bonds is 10. The van der Waals surface area contributed by atoms with Crippen molar-refractivity contribution in [3.63, 3.8) is 0 Å². The number of hydrogen-bond donors (Lipinski definition) is 1. The van der Waals surface area contributed by atoms with E-state index in [-0.39, 0.29) is 12.3 Å². The van der Waals surface area contributed by atoms with E-state index in [0.29, 0.717) is 24.5 Å². The molecule has 0 aliphatic heterocycles. The Labute approximate surface area is 167 Å². The molecule has 0 unspecified atom stereocenters. The van der Waals surface area contributed by atoms with E-state index in [4.69, 9.17) is 4.74 Å². The van der Waals surface area contributed by atoms with Gasteiger partial charge in [0, 0.05) is 13.1 Å². The Morgan fingerprint density at radius 1 is 1.11 bits per heavy atom. The maximum Gasteiger partial charge on any atom is 0.224 e. The molecule has 0 aliphatic carbocycles. The normalized spacial score (nSPS) is 10.4. The number of aryl methyl sites for hydroxylation is 3. The predicted molar refractivity (Wildman–Crippen MR) is 113 cm³/mol. The lowest BCUT2D eigenvalue weighted by Gasteiger charge is -2.19. The van der Waals surface area contributed by atoms with Gasteiger partial charge >= 0.3 is 0 Å². The maximum atomic E-state index is 12.2. The van der Waals surface area contributed by atoms with E-state index in [1.807, 2.05) is 25.1 Å². The molecule has 0 aromatic heterocycles. The highest BCUT2D eigenvalue weighted by atomic mass is 16.5. The van der Waals surface area contributed by atoms with Gasteiger partial charge in [0.1, 0.15) is 5.75 Å². The van der Waals surface area contributed by atoms with E-state index in [1.54, 1.807) is 12.0 Å². The highest BCUT2D eigenvalue weighted by Gasteiger charge is 2.12. The van der Waals surface area contributed by atoms with Crippen molar-refractivity contribution in [1.29, 1.82) is 0 Å². The van der Waals surface area contributed by atoms with Crippen LogP contribution in [0.5, 0.6) is 5.75 Å². The predicted octanol–water partition coefficient (Wildman–Crippen LogP) is 3.59. The third kappa shape index (κ3) is 5.84. The van der Waals surface area contributed by atoms with Crippen molar-refractivity contribution in [3.8, 4) is 5.75 Å². The van der Waals surface area contributed by atoms with Gasteiger partial charge in [-0.25, -0.2) is 0 Å². The van der Waals surface area contributed by atoms with Gasteiger partial charge in [-0.3, -0.25) is 9.59 Å². The minimum Gasteiger partial charge on any atom is -0.495 e. The molecule has 150 valence electrons. The highest BCUT2D eigenvalue weighted by molar-refractivity contribution is 5.81. The smallest absolute Gasteiger partial charge is 0.224 e. The molecule has 2 aromatic carbocycles. The van der Waals surface area contributed by atoms with Crippen molar-refractivity contribution in [2.75, 3.05) is 25.1 Å². The SMILES string of the molecule is CCN(C=O)c1ccc(CC(=O)NCCCc2ccc(C)c(C)c2)cc1OC. The second-order valence-corrected chi connectivity index (χ2v) is 6.95. The molecule has 5 heteroatoms. The van der Waals surface area contributed by atoms with Gasteiger partial charge in [0.25, 0.3) is 0 Å². The molecule has 0 saturated carbocycles. The van der Waals surface area contributed by atoms with E-state index in [0.717, 1.165) is 24.8 Å². The largest absolute Gasteiger partial charge is 0.495 e.